The fraction of sp³-hybridized carbons (Fsp3) is 0.240. The molecule has 1 heterocycles. The molecule has 1 aromatic heterocycles. The highest BCUT2D eigenvalue weighted by atomic mass is 16.5. The van der Waals surface area contributed by atoms with Crippen LogP contribution < -0.4 is 0 Å². The molecule has 0 saturated carbocycles. The molecule has 0 amide bonds. The molecule has 32 heavy (non-hydrogen) atoms. The van der Waals surface area contributed by atoms with Crippen molar-refractivity contribution in [3.8, 4) is 0 Å². The van der Waals surface area contributed by atoms with Crippen LogP contribution in [-0.4, -0.2) is 44.5 Å². The maximum absolute atomic E-state index is 12.8. The number of aliphatic carboxylic acids is 1. The summed E-state index contributed by atoms with van der Waals surface area (Å²) >= 11 is 0. The molecular weight excluding hydrogens is 408 g/mol. The lowest BCUT2D eigenvalue weighted by Crippen LogP contribution is -2.27. The Balaban J connectivity index is 1.64. The molecule has 2 aromatic carbocycles. The Morgan fingerprint density at radius 1 is 1.12 bits per heavy atom. The van der Waals surface area contributed by atoms with Crippen molar-refractivity contribution in [2.24, 2.45) is 0 Å². The van der Waals surface area contributed by atoms with E-state index in [2.05, 4.69) is 12.0 Å². The van der Waals surface area contributed by atoms with Crippen molar-refractivity contribution in [1.29, 1.82) is 0 Å². The second-order valence-corrected chi connectivity index (χ2v) is 7.25. The molecule has 0 aliphatic rings. The van der Waals surface area contributed by atoms with E-state index in [9.17, 15) is 9.59 Å². The van der Waals surface area contributed by atoms with Crippen molar-refractivity contribution < 1.29 is 24.5 Å². The van der Waals surface area contributed by atoms with Gasteiger partial charge in [-0.2, -0.15) is 5.10 Å². The zero-order valence-corrected chi connectivity index (χ0v) is 17.8. The van der Waals surface area contributed by atoms with E-state index in [0.717, 1.165) is 17.5 Å². The molecule has 0 fully saturated rings. The standard InChI is InChI=1S/C25H26N2O5/c1-2-18-8-10-21(11-9-18)24(29)22-12-13-26-27(22)14-4-7-19-5-3-6-20(15-19)17-32-23(16-28)25(30)31/h3-13,15,23,28H,2,14,16-17H2,1H3,(H,30,31)/b7-4+. The maximum Gasteiger partial charge on any atom is 0.335 e. The van der Waals surface area contributed by atoms with Crippen molar-refractivity contribution >= 4 is 17.8 Å². The number of carboxylic acid groups (broad SMARTS) is 1. The van der Waals surface area contributed by atoms with Crippen LogP contribution in [0.25, 0.3) is 6.08 Å². The lowest BCUT2D eigenvalue weighted by atomic mass is 10.0. The number of carbonyl (C=O) groups excluding carboxylic acids is 1. The average molecular weight is 434 g/mol. The first-order valence-electron chi connectivity index (χ1n) is 10.4. The molecule has 0 bridgehead atoms. The van der Waals surface area contributed by atoms with Crippen LogP contribution in [0.3, 0.4) is 0 Å². The molecular formula is C25H26N2O5. The number of allylic oxidation sites excluding steroid dienone is 1. The van der Waals surface area contributed by atoms with Gasteiger partial charge in [-0.05, 0) is 35.2 Å². The van der Waals surface area contributed by atoms with Crippen LogP contribution in [-0.2, 0) is 29.1 Å². The van der Waals surface area contributed by atoms with E-state index in [4.69, 9.17) is 14.9 Å². The Hall–Kier alpha value is -3.55. The summed E-state index contributed by atoms with van der Waals surface area (Å²) in [5.41, 5.74) is 4.02. The number of rotatable bonds is 11. The van der Waals surface area contributed by atoms with Crippen LogP contribution in [0.2, 0.25) is 0 Å². The average Bonchev–Trinajstić information content (AvgIpc) is 3.27. The number of ketones is 1. The zero-order chi connectivity index (χ0) is 22.9. The van der Waals surface area contributed by atoms with E-state index in [-0.39, 0.29) is 12.4 Å². The third-order valence-electron chi connectivity index (χ3n) is 5.01. The highest BCUT2D eigenvalue weighted by Crippen LogP contribution is 2.13. The molecule has 0 radical (unpaired) electrons. The van der Waals surface area contributed by atoms with Crippen molar-refractivity contribution in [2.45, 2.75) is 32.6 Å². The van der Waals surface area contributed by atoms with E-state index in [0.29, 0.717) is 17.8 Å². The van der Waals surface area contributed by atoms with Gasteiger partial charge in [-0.1, -0.05) is 61.5 Å². The van der Waals surface area contributed by atoms with Gasteiger partial charge in [-0.15, -0.1) is 0 Å². The molecule has 1 unspecified atom stereocenters. The van der Waals surface area contributed by atoms with Crippen LogP contribution in [0.4, 0.5) is 0 Å². The largest absolute Gasteiger partial charge is 0.479 e. The maximum atomic E-state index is 12.8. The summed E-state index contributed by atoms with van der Waals surface area (Å²) in [7, 11) is 0. The number of ether oxygens (including phenoxy) is 1. The van der Waals surface area contributed by atoms with E-state index in [1.165, 1.54) is 5.56 Å². The zero-order valence-electron chi connectivity index (χ0n) is 17.8. The molecule has 0 saturated heterocycles. The van der Waals surface area contributed by atoms with Gasteiger partial charge in [0.2, 0.25) is 5.78 Å². The quantitative estimate of drug-likeness (QED) is 0.449. The molecule has 1 atom stereocenters. The number of aliphatic hydroxyl groups excluding tert-OH is 1. The summed E-state index contributed by atoms with van der Waals surface area (Å²) < 4.78 is 6.88. The lowest BCUT2D eigenvalue weighted by Gasteiger charge is -2.11. The van der Waals surface area contributed by atoms with Gasteiger partial charge in [-0.25, -0.2) is 4.79 Å². The number of aliphatic hydroxyl groups is 1. The Morgan fingerprint density at radius 3 is 2.59 bits per heavy atom. The van der Waals surface area contributed by atoms with Gasteiger partial charge in [-0.3, -0.25) is 9.48 Å². The van der Waals surface area contributed by atoms with Gasteiger partial charge in [0.25, 0.3) is 0 Å². The van der Waals surface area contributed by atoms with Crippen LogP contribution in [0.1, 0.15) is 39.7 Å². The van der Waals surface area contributed by atoms with Gasteiger partial charge in [0, 0.05) is 11.8 Å². The van der Waals surface area contributed by atoms with E-state index in [1.807, 2.05) is 60.7 Å². The number of aromatic nitrogens is 2. The van der Waals surface area contributed by atoms with Crippen LogP contribution in [0.5, 0.6) is 0 Å². The van der Waals surface area contributed by atoms with Crippen LogP contribution >= 0.6 is 0 Å². The summed E-state index contributed by atoms with van der Waals surface area (Å²) in [5.74, 6) is -1.27. The third kappa shape index (κ3) is 6.00. The monoisotopic (exact) mass is 434 g/mol. The first-order valence-corrected chi connectivity index (χ1v) is 10.4. The summed E-state index contributed by atoms with van der Waals surface area (Å²) in [4.78, 5) is 23.8. The predicted molar refractivity (Wildman–Crippen MR) is 120 cm³/mol. The van der Waals surface area contributed by atoms with E-state index < -0.39 is 18.7 Å². The topological polar surface area (TPSA) is 102 Å². The summed E-state index contributed by atoms with van der Waals surface area (Å²) in [6.45, 7) is 1.99. The lowest BCUT2D eigenvalue weighted by molar-refractivity contribution is -0.153. The molecule has 0 spiro atoms. The minimum absolute atomic E-state index is 0.0745. The van der Waals surface area contributed by atoms with Crippen molar-refractivity contribution in [3.63, 3.8) is 0 Å². The van der Waals surface area contributed by atoms with Crippen molar-refractivity contribution in [3.05, 3.63) is 94.8 Å². The van der Waals surface area contributed by atoms with Gasteiger partial charge < -0.3 is 14.9 Å². The Labute approximate surface area is 186 Å². The fourth-order valence-corrected chi connectivity index (χ4v) is 3.18. The number of benzene rings is 2. The predicted octanol–water partition coefficient (Wildman–Crippen LogP) is 3.35. The van der Waals surface area contributed by atoms with Gasteiger partial charge in [0.1, 0.15) is 5.69 Å². The van der Waals surface area contributed by atoms with Gasteiger partial charge >= 0.3 is 5.97 Å². The third-order valence-corrected chi connectivity index (χ3v) is 5.01. The molecule has 166 valence electrons. The van der Waals surface area contributed by atoms with E-state index in [1.54, 1.807) is 16.9 Å². The Kier molecular flexibility index (Phi) is 8.08. The minimum atomic E-state index is -1.25. The SMILES string of the molecule is CCc1ccc(C(=O)c2ccnn2C/C=C/c2cccc(COC(CO)C(=O)O)c2)cc1. The molecule has 0 aliphatic heterocycles. The molecule has 0 aliphatic carbocycles. The van der Waals surface area contributed by atoms with Crippen molar-refractivity contribution in [2.75, 3.05) is 6.61 Å². The Bertz CT molecular complexity index is 1090. The molecule has 7 nitrogen and oxygen atoms in total. The normalized spacial score (nSPS) is 12.2. The fourth-order valence-electron chi connectivity index (χ4n) is 3.18. The second kappa shape index (κ2) is 11.2. The van der Waals surface area contributed by atoms with Crippen LogP contribution in [0, 0.1) is 0 Å². The highest BCUT2D eigenvalue weighted by Gasteiger charge is 2.16. The van der Waals surface area contributed by atoms with Gasteiger partial charge in [0.05, 0.1) is 19.8 Å². The minimum Gasteiger partial charge on any atom is -0.479 e. The highest BCUT2D eigenvalue weighted by molar-refractivity contribution is 6.07. The summed E-state index contributed by atoms with van der Waals surface area (Å²) in [6.07, 6.45) is 5.09. The van der Waals surface area contributed by atoms with E-state index >= 15 is 0 Å². The second-order valence-electron chi connectivity index (χ2n) is 7.25. The molecule has 3 rings (SSSR count). The number of aryl methyl sites for hydroxylation is 1. The number of hydrogen-bond donors (Lipinski definition) is 2. The summed E-state index contributed by atoms with van der Waals surface area (Å²) in [5, 5.41) is 22.3. The number of carbonyl (C=O) groups is 2. The smallest absolute Gasteiger partial charge is 0.335 e. The first kappa shape index (κ1) is 23.1. The summed E-state index contributed by atoms with van der Waals surface area (Å²) in [6, 6.07) is 16.8. The number of hydrogen-bond acceptors (Lipinski definition) is 5. The van der Waals surface area contributed by atoms with Crippen LogP contribution in [0.15, 0.2) is 66.9 Å². The van der Waals surface area contributed by atoms with Crippen molar-refractivity contribution in [1.82, 2.24) is 9.78 Å². The number of nitrogens with zero attached hydrogens (tertiary/aromatic N) is 2. The molecule has 3 aromatic rings. The Morgan fingerprint density at radius 2 is 1.91 bits per heavy atom. The molecule has 7 heteroatoms. The first-order chi connectivity index (χ1) is 15.5. The number of carboxylic acids is 1. The van der Waals surface area contributed by atoms with Gasteiger partial charge in [0.15, 0.2) is 6.10 Å². The molecule has 2 N–H and O–H groups in total.